The topological polar surface area (TPSA) is 0 Å². The minimum Gasteiger partial charge on any atom is -0.0729 e. The first-order chi connectivity index (χ1) is 8.34. The van der Waals surface area contributed by atoms with Gasteiger partial charge in [-0.25, -0.2) is 0 Å². The van der Waals surface area contributed by atoms with Crippen molar-refractivity contribution >= 4 is 14.0 Å². The molecule has 1 aromatic rings. The Labute approximate surface area is 113 Å². The summed E-state index contributed by atoms with van der Waals surface area (Å²) in [5.41, 5.74) is 7.39. The highest BCUT2D eigenvalue weighted by molar-refractivity contribution is 6.87. The van der Waals surface area contributed by atoms with Crippen LogP contribution in [0.3, 0.4) is 0 Å². The van der Waals surface area contributed by atoms with Gasteiger partial charge in [0.15, 0.2) is 0 Å². The molecule has 0 spiro atoms. The lowest BCUT2D eigenvalue weighted by Gasteiger charge is -2.19. The van der Waals surface area contributed by atoms with Gasteiger partial charge in [-0.3, -0.25) is 0 Å². The molecule has 0 bridgehead atoms. The monoisotopic (exact) mass is 255 g/mol. The number of aryl methyl sites for hydroxylation is 3. The van der Waals surface area contributed by atoms with Crippen molar-refractivity contribution in [1.29, 1.82) is 0 Å². The lowest BCUT2D eigenvalue weighted by Crippen LogP contribution is -2.36. The summed E-state index contributed by atoms with van der Waals surface area (Å²) in [7, 11) is -0.660. The van der Waals surface area contributed by atoms with Gasteiger partial charge in [0.05, 0.1) is 0 Å². The van der Waals surface area contributed by atoms with Gasteiger partial charge >= 0.3 is 0 Å². The fraction of sp³-hybridized carbons (Fsp3) is 0.412. The zero-order valence-corrected chi connectivity index (χ0v) is 13.7. The number of hydrogen-bond acceptors (Lipinski definition) is 0. The van der Waals surface area contributed by atoms with E-state index >= 15 is 0 Å². The molecule has 1 heteroatoms. The van der Waals surface area contributed by atoms with E-state index in [2.05, 4.69) is 60.6 Å². The summed E-state index contributed by atoms with van der Waals surface area (Å²) in [6.45, 7) is 16.0. The van der Waals surface area contributed by atoms with Gasteiger partial charge in [0, 0.05) is 0 Å². The molecule has 0 fully saturated rings. The molecule has 1 aliphatic rings. The van der Waals surface area contributed by atoms with E-state index in [9.17, 15) is 0 Å². The lowest BCUT2D eigenvalue weighted by molar-refractivity contribution is 1.31. The molecule has 0 saturated heterocycles. The minimum absolute atomic E-state index is 0.660. The maximum absolute atomic E-state index is 2.34. The van der Waals surface area contributed by atoms with E-state index in [-0.39, 0.29) is 0 Å². The second-order valence-electron chi connectivity index (χ2n) is 5.65. The summed E-state index contributed by atoms with van der Waals surface area (Å²) < 4.78 is 0. The summed E-state index contributed by atoms with van der Waals surface area (Å²) in [6, 6.07) is 4.67. The van der Waals surface area contributed by atoms with Crippen LogP contribution in [0.1, 0.15) is 44.4 Å². The Morgan fingerprint density at radius 3 is 1.44 bits per heavy atom. The Morgan fingerprint density at radius 2 is 1.06 bits per heavy atom. The van der Waals surface area contributed by atoms with Crippen LogP contribution in [0.4, 0.5) is 0 Å². The molecule has 0 saturated carbocycles. The second kappa shape index (κ2) is 4.54. The van der Waals surface area contributed by atoms with Gasteiger partial charge in [0.2, 0.25) is 0 Å². The van der Waals surface area contributed by atoms with Crippen LogP contribution in [0.25, 0.3) is 0 Å². The van der Waals surface area contributed by atoms with Crippen molar-refractivity contribution in [3.05, 3.63) is 50.4 Å². The molecule has 0 nitrogen and oxygen atoms in total. The Kier molecular flexibility index (Phi) is 3.37. The molecule has 1 aromatic carbocycles. The van der Waals surface area contributed by atoms with Gasteiger partial charge < -0.3 is 0 Å². The molecule has 1 heterocycles. The SMILES string of the molecule is CC1=C(C)[Si](c2c(C)cc(C)cc2C)C(C)=C1C. The van der Waals surface area contributed by atoms with Crippen LogP contribution in [0.15, 0.2) is 33.7 Å². The summed E-state index contributed by atoms with van der Waals surface area (Å²) in [4.78, 5) is 0. The molecule has 2 rings (SSSR count). The summed E-state index contributed by atoms with van der Waals surface area (Å²) >= 11 is 0. The molecule has 0 amide bonds. The normalized spacial score (nSPS) is 17.1. The van der Waals surface area contributed by atoms with E-state index in [0.29, 0.717) is 0 Å². The van der Waals surface area contributed by atoms with Crippen molar-refractivity contribution in [2.75, 3.05) is 0 Å². The first-order valence-electron chi connectivity index (χ1n) is 6.65. The maximum Gasteiger partial charge on any atom is 0.146 e. The number of rotatable bonds is 1. The zero-order chi connectivity index (χ0) is 13.6. The third kappa shape index (κ3) is 1.91. The van der Waals surface area contributed by atoms with E-state index in [1.165, 1.54) is 27.8 Å². The average Bonchev–Trinajstić information content (AvgIpc) is 2.45. The van der Waals surface area contributed by atoms with E-state index < -0.39 is 8.80 Å². The van der Waals surface area contributed by atoms with E-state index in [4.69, 9.17) is 0 Å². The van der Waals surface area contributed by atoms with Gasteiger partial charge in [-0.05, 0) is 53.7 Å². The standard InChI is InChI=1S/C17H23Si/c1-10-8-11(2)17(12(3)9-10)18-15(6)13(4)14(5)16(18)7/h8-9H,1-7H3. The quantitative estimate of drug-likeness (QED) is 0.663. The van der Waals surface area contributed by atoms with Crippen molar-refractivity contribution in [3.8, 4) is 0 Å². The van der Waals surface area contributed by atoms with E-state index in [0.717, 1.165) is 0 Å². The number of allylic oxidation sites excluding steroid dienone is 4. The molecular formula is C17H23Si. The summed E-state index contributed by atoms with van der Waals surface area (Å²) in [5, 5.41) is 4.88. The molecule has 0 unspecified atom stereocenters. The van der Waals surface area contributed by atoms with Crippen LogP contribution in [0.2, 0.25) is 0 Å². The molecule has 0 aromatic heterocycles. The number of benzene rings is 1. The Bertz CT molecular complexity index is 526. The average molecular weight is 255 g/mol. The fourth-order valence-electron chi connectivity index (χ4n) is 3.17. The zero-order valence-electron chi connectivity index (χ0n) is 12.7. The third-order valence-electron chi connectivity index (χ3n) is 4.36. The van der Waals surface area contributed by atoms with Crippen LogP contribution < -0.4 is 5.19 Å². The molecule has 1 aliphatic heterocycles. The highest BCUT2D eigenvalue weighted by Crippen LogP contribution is 2.31. The predicted molar refractivity (Wildman–Crippen MR) is 82.8 cm³/mol. The highest BCUT2D eigenvalue weighted by Gasteiger charge is 2.30. The summed E-state index contributed by atoms with van der Waals surface area (Å²) in [6.07, 6.45) is 0. The molecule has 1 radical (unpaired) electrons. The van der Waals surface area contributed by atoms with Gasteiger partial charge in [0.1, 0.15) is 8.80 Å². The fourth-order valence-corrected chi connectivity index (χ4v) is 6.54. The van der Waals surface area contributed by atoms with E-state index in [1.807, 2.05) is 0 Å². The van der Waals surface area contributed by atoms with Crippen molar-refractivity contribution in [2.45, 2.75) is 48.5 Å². The van der Waals surface area contributed by atoms with Crippen molar-refractivity contribution < 1.29 is 0 Å². The predicted octanol–water partition coefficient (Wildman–Crippen LogP) is 4.08. The summed E-state index contributed by atoms with van der Waals surface area (Å²) in [5.74, 6) is 0. The smallest absolute Gasteiger partial charge is 0.0729 e. The first kappa shape index (κ1) is 13.4. The first-order valence-corrected chi connectivity index (χ1v) is 8.15. The maximum atomic E-state index is 2.34. The Balaban J connectivity index is 2.65. The molecule has 95 valence electrons. The van der Waals surface area contributed by atoms with Crippen LogP contribution in [-0.4, -0.2) is 8.80 Å². The van der Waals surface area contributed by atoms with Gasteiger partial charge in [-0.1, -0.05) is 50.4 Å². The minimum atomic E-state index is -0.660. The van der Waals surface area contributed by atoms with Crippen LogP contribution in [0.5, 0.6) is 0 Å². The molecular weight excluding hydrogens is 232 g/mol. The van der Waals surface area contributed by atoms with Crippen molar-refractivity contribution in [2.24, 2.45) is 0 Å². The van der Waals surface area contributed by atoms with Crippen molar-refractivity contribution in [3.63, 3.8) is 0 Å². The van der Waals surface area contributed by atoms with Crippen LogP contribution >= 0.6 is 0 Å². The number of hydrogen-bond donors (Lipinski definition) is 0. The molecule has 0 aliphatic carbocycles. The van der Waals surface area contributed by atoms with Crippen LogP contribution in [-0.2, 0) is 0 Å². The van der Waals surface area contributed by atoms with Gasteiger partial charge in [-0.2, -0.15) is 0 Å². The van der Waals surface area contributed by atoms with Gasteiger partial charge in [0.25, 0.3) is 0 Å². The molecule has 18 heavy (non-hydrogen) atoms. The van der Waals surface area contributed by atoms with Crippen molar-refractivity contribution in [1.82, 2.24) is 0 Å². The largest absolute Gasteiger partial charge is 0.146 e. The van der Waals surface area contributed by atoms with E-state index in [1.54, 1.807) is 15.6 Å². The Hall–Kier alpha value is -1.08. The molecule has 0 atom stereocenters. The second-order valence-corrected chi connectivity index (χ2v) is 8.40. The highest BCUT2D eigenvalue weighted by atomic mass is 28.3. The lowest BCUT2D eigenvalue weighted by atomic mass is 10.1. The molecule has 0 N–H and O–H groups in total. The third-order valence-corrected chi connectivity index (χ3v) is 7.90. The van der Waals surface area contributed by atoms with Gasteiger partial charge in [-0.15, -0.1) is 0 Å². The Morgan fingerprint density at radius 1 is 0.667 bits per heavy atom. The van der Waals surface area contributed by atoms with Crippen LogP contribution in [0, 0.1) is 20.8 Å².